The van der Waals surface area contributed by atoms with E-state index in [1.165, 1.54) is 0 Å². The molecule has 0 fully saturated rings. The Morgan fingerprint density at radius 1 is 1.06 bits per heavy atom. The first-order chi connectivity index (χ1) is 8.65. The first-order valence-electron chi connectivity index (χ1n) is 5.73. The minimum Gasteiger partial charge on any atom is -0.478 e. The van der Waals surface area contributed by atoms with Crippen molar-refractivity contribution in [1.82, 2.24) is 0 Å². The fourth-order valence-corrected chi connectivity index (χ4v) is 1.87. The topological polar surface area (TPSA) is 37.3 Å². The maximum atomic E-state index is 10.5. The molecule has 18 heavy (non-hydrogen) atoms. The van der Waals surface area contributed by atoms with Gasteiger partial charge in [0.2, 0.25) is 0 Å². The summed E-state index contributed by atoms with van der Waals surface area (Å²) in [6.45, 7) is 2.00. The molecule has 0 aliphatic carbocycles. The molecule has 2 aromatic rings. The third-order valence-corrected chi connectivity index (χ3v) is 2.63. The second kappa shape index (κ2) is 5.32. The first kappa shape index (κ1) is 12.1. The minimum atomic E-state index is -0.933. The molecule has 0 aromatic heterocycles. The lowest BCUT2D eigenvalue weighted by atomic mass is 10.00. The van der Waals surface area contributed by atoms with Crippen molar-refractivity contribution >= 4 is 12.0 Å². The molecule has 0 unspecified atom stereocenters. The zero-order valence-corrected chi connectivity index (χ0v) is 10.1. The van der Waals surface area contributed by atoms with Crippen molar-refractivity contribution in [2.45, 2.75) is 6.92 Å². The summed E-state index contributed by atoms with van der Waals surface area (Å²) in [7, 11) is 0. The Labute approximate surface area is 106 Å². The van der Waals surface area contributed by atoms with Crippen molar-refractivity contribution in [2.75, 3.05) is 0 Å². The van der Waals surface area contributed by atoms with Gasteiger partial charge in [0.15, 0.2) is 0 Å². The third kappa shape index (κ3) is 3.08. The lowest BCUT2D eigenvalue weighted by Crippen LogP contribution is -1.87. The van der Waals surface area contributed by atoms with Gasteiger partial charge >= 0.3 is 5.97 Å². The maximum absolute atomic E-state index is 10.5. The van der Waals surface area contributed by atoms with Gasteiger partial charge in [0.1, 0.15) is 0 Å². The van der Waals surface area contributed by atoms with Gasteiger partial charge in [-0.15, -0.1) is 0 Å². The number of aliphatic carboxylic acids is 1. The van der Waals surface area contributed by atoms with Crippen LogP contribution in [0.1, 0.15) is 11.1 Å². The van der Waals surface area contributed by atoms with Gasteiger partial charge in [-0.3, -0.25) is 0 Å². The van der Waals surface area contributed by atoms with Crippen LogP contribution in [0.15, 0.2) is 54.6 Å². The van der Waals surface area contributed by atoms with E-state index in [9.17, 15) is 4.79 Å². The summed E-state index contributed by atoms with van der Waals surface area (Å²) in [5.74, 6) is -0.933. The molecule has 90 valence electrons. The molecule has 2 nitrogen and oxygen atoms in total. The molecule has 2 rings (SSSR count). The zero-order chi connectivity index (χ0) is 13.0. The molecule has 2 aromatic carbocycles. The van der Waals surface area contributed by atoms with Crippen molar-refractivity contribution in [3.05, 3.63) is 65.7 Å². The molecular formula is C16H14O2. The lowest BCUT2D eigenvalue weighted by molar-refractivity contribution is -0.131. The van der Waals surface area contributed by atoms with Crippen LogP contribution in [-0.2, 0) is 4.79 Å². The van der Waals surface area contributed by atoms with Gasteiger partial charge in [0.25, 0.3) is 0 Å². The maximum Gasteiger partial charge on any atom is 0.328 e. The summed E-state index contributed by atoms with van der Waals surface area (Å²) >= 11 is 0. The van der Waals surface area contributed by atoms with E-state index in [1.54, 1.807) is 6.08 Å². The Balaban J connectivity index is 2.41. The summed E-state index contributed by atoms with van der Waals surface area (Å²) in [6, 6.07) is 16.1. The van der Waals surface area contributed by atoms with E-state index in [0.717, 1.165) is 28.3 Å². The van der Waals surface area contributed by atoms with Crippen molar-refractivity contribution < 1.29 is 9.90 Å². The molecule has 0 aliphatic rings. The Hall–Kier alpha value is -2.35. The van der Waals surface area contributed by atoms with Gasteiger partial charge in [-0.1, -0.05) is 42.5 Å². The van der Waals surface area contributed by atoms with Crippen LogP contribution in [0, 0.1) is 6.92 Å². The van der Waals surface area contributed by atoms with E-state index < -0.39 is 5.97 Å². The molecule has 0 aliphatic heterocycles. The average molecular weight is 238 g/mol. The number of carboxylic acids is 1. The molecule has 0 radical (unpaired) electrons. The normalized spacial score (nSPS) is 10.7. The van der Waals surface area contributed by atoms with Crippen LogP contribution in [0.2, 0.25) is 0 Å². The predicted molar refractivity (Wildman–Crippen MR) is 73.3 cm³/mol. The molecule has 0 heterocycles. The van der Waals surface area contributed by atoms with Crippen LogP contribution >= 0.6 is 0 Å². The smallest absolute Gasteiger partial charge is 0.328 e. The van der Waals surface area contributed by atoms with Crippen LogP contribution in [0.25, 0.3) is 17.2 Å². The highest BCUT2D eigenvalue weighted by molar-refractivity contribution is 5.85. The Morgan fingerprint density at radius 2 is 1.78 bits per heavy atom. The Morgan fingerprint density at radius 3 is 2.44 bits per heavy atom. The van der Waals surface area contributed by atoms with Crippen LogP contribution < -0.4 is 0 Å². The van der Waals surface area contributed by atoms with E-state index in [4.69, 9.17) is 5.11 Å². The molecule has 0 bridgehead atoms. The molecule has 0 amide bonds. The predicted octanol–water partition coefficient (Wildman–Crippen LogP) is 3.76. The number of rotatable bonds is 3. The minimum absolute atomic E-state index is 0.899. The average Bonchev–Trinajstić information content (AvgIpc) is 2.37. The summed E-state index contributed by atoms with van der Waals surface area (Å²) in [5, 5.41) is 8.64. The fourth-order valence-electron chi connectivity index (χ4n) is 1.87. The molecular weight excluding hydrogens is 224 g/mol. The first-order valence-corrected chi connectivity index (χ1v) is 5.73. The van der Waals surface area contributed by atoms with Gasteiger partial charge < -0.3 is 5.11 Å². The van der Waals surface area contributed by atoms with Crippen molar-refractivity contribution in [3.63, 3.8) is 0 Å². The quantitative estimate of drug-likeness (QED) is 0.827. The van der Waals surface area contributed by atoms with E-state index >= 15 is 0 Å². The van der Waals surface area contributed by atoms with Crippen LogP contribution in [-0.4, -0.2) is 11.1 Å². The van der Waals surface area contributed by atoms with Gasteiger partial charge in [-0.25, -0.2) is 4.79 Å². The van der Waals surface area contributed by atoms with Crippen molar-refractivity contribution in [1.29, 1.82) is 0 Å². The molecule has 0 saturated carbocycles. The Bertz CT molecular complexity index is 583. The zero-order valence-electron chi connectivity index (χ0n) is 10.1. The van der Waals surface area contributed by atoms with E-state index in [0.29, 0.717) is 0 Å². The van der Waals surface area contributed by atoms with Gasteiger partial charge in [-0.2, -0.15) is 0 Å². The molecule has 1 N–H and O–H groups in total. The second-order valence-electron chi connectivity index (χ2n) is 4.17. The molecule has 0 spiro atoms. The highest BCUT2D eigenvalue weighted by Gasteiger charge is 1.99. The van der Waals surface area contributed by atoms with Crippen molar-refractivity contribution in [3.8, 4) is 11.1 Å². The van der Waals surface area contributed by atoms with Crippen molar-refractivity contribution in [2.24, 2.45) is 0 Å². The molecule has 0 saturated heterocycles. The number of aryl methyl sites for hydroxylation is 1. The summed E-state index contributed by atoms with van der Waals surface area (Å²) in [5.41, 5.74) is 4.24. The number of hydrogen-bond donors (Lipinski definition) is 1. The SMILES string of the molecule is Cc1cc(/C=C/C(=O)O)cc(-c2ccccc2)c1. The monoisotopic (exact) mass is 238 g/mol. The summed E-state index contributed by atoms with van der Waals surface area (Å²) < 4.78 is 0. The number of hydrogen-bond acceptors (Lipinski definition) is 1. The van der Waals surface area contributed by atoms with Gasteiger partial charge in [0.05, 0.1) is 0 Å². The van der Waals surface area contributed by atoms with E-state index in [-0.39, 0.29) is 0 Å². The van der Waals surface area contributed by atoms with Crippen LogP contribution in [0.5, 0.6) is 0 Å². The van der Waals surface area contributed by atoms with E-state index in [2.05, 4.69) is 6.07 Å². The summed E-state index contributed by atoms with van der Waals surface area (Å²) in [4.78, 5) is 10.5. The fraction of sp³-hybridized carbons (Fsp3) is 0.0625. The molecule has 0 atom stereocenters. The van der Waals surface area contributed by atoms with Gasteiger partial charge in [0, 0.05) is 6.08 Å². The third-order valence-electron chi connectivity index (χ3n) is 2.63. The largest absolute Gasteiger partial charge is 0.478 e. The highest BCUT2D eigenvalue weighted by Crippen LogP contribution is 2.22. The lowest BCUT2D eigenvalue weighted by Gasteiger charge is -2.05. The second-order valence-corrected chi connectivity index (χ2v) is 4.17. The Kier molecular flexibility index (Phi) is 3.58. The number of benzene rings is 2. The molecule has 2 heteroatoms. The van der Waals surface area contributed by atoms with E-state index in [1.807, 2.05) is 49.4 Å². The summed E-state index contributed by atoms with van der Waals surface area (Å²) in [6.07, 6.45) is 2.77. The van der Waals surface area contributed by atoms with Gasteiger partial charge in [-0.05, 0) is 41.3 Å². The number of carboxylic acid groups (broad SMARTS) is 1. The standard InChI is InChI=1S/C16H14O2/c1-12-9-13(7-8-16(17)18)11-15(10-12)14-5-3-2-4-6-14/h2-11H,1H3,(H,17,18)/b8-7+. The van der Waals surface area contributed by atoms with Crippen LogP contribution in [0.3, 0.4) is 0 Å². The van der Waals surface area contributed by atoms with Crippen LogP contribution in [0.4, 0.5) is 0 Å². The number of carbonyl (C=O) groups is 1. The highest BCUT2D eigenvalue weighted by atomic mass is 16.4.